The minimum Gasteiger partial charge on any atom is -0.494 e. The number of carbonyl (C=O) groups excluding carboxylic acids is 2. The Kier molecular flexibility index (Phi) is 5.76. The lowest BCUT2D eigenvalue weighted by atomic mass is 9.92. The minimum atomic E-state index is -0.645. The van der Waals surface area contributed by atoms with Crippen molar-refractivity contribution in [2.45, 2.75) is 19.9 Å². The van der Waals surface area contributed by atoms with E-state index in [1.807, 2.05) is 61.5 Å². The molecule has 3 rings (SSSR count). The normalized spacial score (nSPS) is 16.4. The predicted octanol–water partition coefficient (Wildman–Crippen LogP) is 3.41. The second-order valence-electron chi connectivity index (χ2n) is 5.91. The molecule has 27 heavy (non-hydrogen) atoms. The average Bonchev–Trinajstić information content (AvgIpc) is 2.68. The summed E-state index contributed by atoms with van der Waals surface area (Å²) in [4.78, 5) is 25.1. The van der Waals surface area contributed by atoms with Crippen LogP contribution in [0.2, 0.25) is 0 Å². The van der Waals surface area contributed by atoms with E-state index in [1.165, 1.54) is 0 Å². The third kappa shape index (κ3) is 4.11. The highest BCUT2D eigenvalue weighted by atomic mass is 16.5. The van der Waals surface area contributed by atoms with Crippen LogP contribution in [0.15, 0.2) is 60.2 Å². The molecule has 0 bridgehead atoms. The van der Waals surface area contributed by atoms with Crippen molar-refractivity contribution in [3.05, 3.63) is 71.3 Å². The number of ether oxygens (including phenoxy) is 2. The molecule has 2 aromatic carbocycles. The van der Waals surface area contributed by atoms with E-state index in [4.69, 9.17) is 9.47 Å². The Bertz CT molecular complexity index is 861. The van der Waals surface area contributed by atoms with Gasteiger partial charge in [0.1, 0.15) is 5.75 Å². The lowest BCUT2D eigenvalue weighted by Gasteiger charge is -2.29. The van der Waals surface area contributed by atoms with Gasteiger partial charge in [0.25, 0.3) is 0 Å². The van der Waals surface area contributed by atoms with Gasteiger partial charge in [-0.2, -0.15) is 0 Å². The van der Waals surface area contributed by atoms with Crippen molar-refractivity contribution in [3.63, 3.8) is 0 Å². The Morgan fingerprint density at radius 3 is 2.52 bits per heavy atom. The summed E-state index contributed by atoms with van der Waals surface area (Å²) < 4.78 is 10.8. The van der Waals surface area contributed by atoms with Gasteiger partial charge in [0.05, 0.1) is 30.5 Å². The van der Waals surface area contributed by atoms with E-state index in [2.05, 4.69) is 10.6 Å². The van der Waals surface area contributed by atoms with Gasteiger partial charge in [0.2, 0.25) is 0 Å². The third-order valence-electron chi connectivity index (χ3n) is 4.13. The van der Waals surface area contributed by atoms with Crippen LogP contribution in [0.25, 0.3) is 5.70 Å². The molecule has 2 amide bonds. The first-order chi connectivity index (χ1) is 13.1. The van der Waals surface area contributed by atoms with Crippen LogP contribution in [0, 0.1) is 0 Å². The lowest BCUT2D eigenvalue weighted by molar-refractivity contribution is -0.138. The highest BCUT2D eigenvalue weighted by molar-refractivity contribution is 6.04. The molecule has 1 atom stereocenters. The Labute approximate surface area is 158 Å². The molecule has 1 unspecified atom stereocenters. The van der Waals surface area contributed by atoms with Gasteiger partial charge in [-0.3, -0.25) is 0 Å². The Morgan fingerprint density at radius 2 is 1.81 bits per heavy atom. The molecule has 1 aliphatic rings. The van der Waals surface area contributed by atoms with E-state index in [-0.39, 0.29) is 12.6 Å². The third-order valence-corrected chi connectivity index (χ3v) is 4.13. The monoisotopic (exact) mass is 366 g/mol. The Hall–Kier alpha value is -3.28. The molecule has 1 heterocycles. The summed E-state index contributed by atoms with van der Waals surface area (Å²) in [5.41, 5.74) is 2.29. The van der Waals surface area contributed by atoms with Crippen molar-refractivity contribution in [1.29, 1.82) is 0 Å². The number of hydrogen-bond donors (Lipinski definition) is 2. The molecule has 6 heteroatoms. The van der Waals surface area contributed by atoms with Crippen molar-refractivity contribution < 1.29 is 19.1 Å². The van der Waals surface area contributed by atoms with Gasteiger partial charge in [0.15, 0.2) is 0 Å². The smallest absolute Gasteiger partial charge is 0.338 e. The van der Waals surface area contributed by atoms with Gasteiger partial charge < -0.3 is 20.1 Å². The summed E-state index contributed by atoms with van der Waals surface area (Å²) >= 11 is 0. The van der Waals surface area contributed by atoms with Gasteiger partial charge in [-0.1, -0.05) is 42.5 Å². The first-order valence-corrected chi connectivity index (χ1v) is 8.91. The lowest BCUT2D eigenvalue weighted by Crippen LogP contribution is -2.45. The number of esters is 1. The van der Waals surface area contributed by atoms with Crippen LogP contribution in [-0.2, 0) is 9.53 Å². The van der Waals surface area contributed by atoms with E-state index in [1.54, 1.807) is 6.92 Å². The zero-order chi connectivity index (χ0) is 19.2. The highest BCUT2D eigenvalue weighted by Gasteiger charge is 2.34. The fourth-order valence-corrected chi connectivity index (χ4v) is 3.03. The van der Waals surface area contributed by atoms with Crippen molar-refractivity contribution >= 4 is 17.7 Å². The van der Waals surface area contributed by atoms with Crippen molar-refractivity contribution in [2.75, 3.05) is 13.2 Å². The molecule has 0 saturated heterocycles. The summed E-state index contributed by atoms with van der Waals surface area (Å²) in [6.45, 7) is 4.42. The average molecular weight is 366 g/mol. The largest absolute Gasteiger partial charge is 0.494 e. The topological polar surface area (TPSA) is 76.7 Å². The fraction of sp³-hybridized carbons (Fsp3) is 0.238. The molecule has 2 N–H and O–H groups in total. The SMILES string of the molecule is CCOC(=O)C1=C(c2ccccc2)NC(=O)NC1c1cccc(OCC)c1. The second kappa shape index (κ2) is 8.40. The summed E-state index contributed by atoms with van der Waals surface area (Å²) in [5.74, 6) is 0.197. The number of rotatable bonds is 6. The molecule has 0 fully saturated rings. The van der Waals surface area contributed by atoms with E-state index in [9.17, 15) is 9.59 Å². The van der Waals surface area contributed by atoms with Crippen LogP contribution in [0.3, 0.4) is 0 Å². The van der Waals surface area contributed by atoms with Gasteiger partial charge >= 0.3 is 12.0 Å². The zero-order valence-corrected chi connectivity index (χ0v) is 15.3. The van der Waals surface area contributed by atoms with Crippen molar-refractivity contribution in [2.24, 2.45) is 0 Å². The summed E-state index contributed by atoms with van der Waals surface area (Å²) in [6, 6.07) is 15.6. The summed E-state index contributed by atoms with van der Waals surface area (Å²) in [5, 5.41) is 5.59. The Morgan fingerprint density at radius 1 is 1.04 bits per heavy atom. The molecular weight excluding hydrogens is 344 g/mol. The fourth-order valence-electron chi connectivity index (χ4n) is 3.03. The van der Waals surface area contributed by atoms with Gasteiger partial charge in [-0.25, -0.2) is 9.59 Å². The number of benzene rings is 2. The van der Waals surface area contributed by atoms with Crippen LogP contribution in [0.1, 0.15) is 31.0 Å². The number of amides is 2. The van der Waals surface area contributed by atoms with Gasteiger partial charge in [-0.15, -0.1) is 0 Å². The minimum absolute atomic E-state index is 0.240. The van der Waals surface area contributed by atoms with Crippen LogP contribution < -0.4 is 15.4 Å². The van der Waals surface area contributed by atoms with Crippen LogP contribution in [0.5, 0.6) is 5.75 Å². The molecule has 0 saturated carbocycles. The van der Waals surface area contributed by atoms with Gasteiger partial charge in [0, 0.05) is 0 Å². The number of urea groups is 1. The first kappa shape index (κ1) is 18.5. The molecule has 0 aliphatic carbocycles. The zero-order valence-electron chi connectivity index (χ0n) is 15.3. The molecular formula is C21H22N2O4. The van der Waals surface area contributed by atoms with E-state index in [0.717, 1.165) is 11.1 Å². The molecule has 2 aromatic rings. The highest BCUT2D eigenvalue weighted by Crippen LogP contribution is 2.33. The molecule has 0 aromatic heterocycles. The molecule has 6 nitrogen and oxygen atoms in total. The molecule has 1 aliphatic heterocycles. The number of nitrogens with one attached hydrogen (secondary N) is 2. The summed E-state index contributed by atoms with van der Waals surface area (Å²) in [7, 11) is 0. The van der Waals surface area contributed by atoms with Crippen LogP contribution in [0.4, 0.5) is 4.79 Å². The first-order valence-electron chi connectivity index (χ1n) is 8.91. The van der Waals surface area contributed by atoms with Crippen molar-refractivity contribution in [1.82, 2.24) is 10.6 Å². The summed E-state index contributed by atoms with van der Waals surface area (Å²) in [6.07, 6.45) is 0. The number of hydrogen-bond acceptors (Lipinski definition) is 4. The van der Waals surface area contributed by atoms with Gasteiger partial charge in [-0.05, 0) is 37.1 Å². The quantitative estimate of drug-likeness (QED) is 0.768. The maximum Gasteiger partial charge on any atom is 0.338 e. The second-order valence-corrected chi connectivity index (χ2v) is 5.91. The van der Waals surface area contributed by atoms with Crippen LogP contribution in [-0.4, -0.2) is 25.2 Å². The number of carbonyl (C=O) groups is 2. The van der Waals surface area contributed by atoms with E-state index >= 15 is 0 Å². The maximum atomic E-state index is 12.8. The van der Waals surface area contributed by atoms with Crippen molar-refractivity contribution in [3.8, 4) is 5.75 Å². The predicted molar refractivity (Wildman–Crippen MR) is 102 cm³/mol. The molecule has 140 valence electrons. The Balaban J connectivity index is 2.14. The van der Waals surface area contributed by atoms with Crippen LogP contribution >= 0.6 is 0 Å². The maximum absolute atomic E-state index is 12.8. The van der Waals surface area contributed by atoms with E-state index < -0.39 is 12.0 Å². The molecule has 0 radical (unpaired) electrons. The molecule has 0 spiro atoms. The standard InChI is InChI=1S/C21H22N2O4/c1-3-26-16-12-8-11-15(13-16)19-17(20(24)27-4-2)18(22-21(25)23-19)14-9-6-5-7-10-14/h5-13,19H,3-4H2,1-2H3,(H2,22,23,25). The van der Waals surface area contributed by atoms with E-state index in [0.29, 0.717) is 23.6 Å².